The van der Waals surface area contributed by atoms with Crippen LogP contribution in [0.15, 0.2) is 77.7 Å². The van der Waals surface area contributed by atoms with Crippen molar-refractivity contribution in [1.29, 1.82) is 0 Å². The molecule has 9 nitrogen and oxygen atoms in total. The number of para-hydroxylation sites is 2. The molecule has 0 fully saturated rings. The van der Waals surface area contributed by atoms with Gasteiger partial charge < -0.3 is 19.5 Å². The number of methoxy groups -OCH3 is 2. The molecule has 2 N–H and O–H groups in total. The molecule has 0 aliphatic carbocycles. The molecule has 0 aromatic heterocycles. The summed E-state index contributed by atoms with van der Waals surface area (Å²) in [5.41, 5.74) is 0.744. The molecule has 0 radical (unpaired) electrons. The van der Waals surface area contributed by atoms with Crippen LogP contribution < -0.4 is 19.5 Å². The zero-order valence-corrected chi connectivity index (χ0v) is 18.7. The Morgan fingerprint density at radius 2 is 1.61 bits per heavy atom. The van der Waals surface area contributed by atoms with Crippen molar-refractivity contribution in [3.63, 3.8) is 0 Å². The van der Waals surface area contributed by atoms with Gasteiger partial charge >= 0.3 is 5.97 Å². The van der Waals surface area contributed by atoms with E-state index in [1.807, 2.05) is 0 Å². The molecule has 33 heavy (non-hydrogen) atoms. The largest absolute Gasteiger partial charge is 0.497 e. The van der Waals surface area contributed by atoms with Gasteiger partial charge in [0.15, 0.2) is 6.61 Å². The number of hydrogen-bond donors (Lipinski definition) is 2. The maximum absolute atomic E-state index is 12.7. The highest BCUT2D eigenvalue weighted by atomic mass is 32.2. The average molecular weight is 471 g/mol. The van der Waals surface area contributed by atoms with Gasteiger partial charge in [0.25, 0.3) is 15.9 Å². The van der Waals surface area contributed by atoms with E-state index in [9.17, 15) is 18.0 Å². The highest BCUT2D eigenvalue weighted by Gasteiger charge is 2.18. The van der Waals surface area contributed by atoms with Crippen LogP contribution >= 0.6 is 0 Å². The molecule has 0 bridgehead atoms. The van der Waals surface area contributed by atoms with Gasteiger partial charge in [-0.3, -0.25) is 9.52 Å². The monoisotopic (exact) mass is 470 g/mol. The first-order valence-electron chi connectivity index (χ1n) is 9.69. The minimum Gasteiger partial charge on any atom is -0.497 e. The first kappa shape index (κ1) is 23.6. The number of carbonyl (C=O) groups is 2. The second-order valence-corrected chi connectivity index (χ2v) is 8.37. The zero-order chi connectivity index (χ0) is 23.8. The van der Waals surface area contributed by atoms with Crippen LogP contribution in [0.5, 0.6) is 11.5 Å². The highest BCUT2D eigenvalue weighted by molar-refractivity contribution is 7.92. The fourth-order valence-electron chi connectivity index (χ4n) is 2.81. The van der Waals surface area contributed by atoms with Crippen LogP contribution in [0.3, 0.4) is 0 Å². The van der Waals surface area contributed by atoms with Crippen LogP contribution in [0.25, 0.3) is 0 Å². The molecule has 0 aliphatic heterocycles. The second kappa shape index (κ2) is 10.5. The first-order valence-corrected chi connectivity index (χ1v) is 11.2. The maximum Gasteiger partial charge on any atom is 0.338 e. The summed E-state index contributed by atoms with van der Waals surface area (Å²) in [7, 11) is -0.987. The molecule has 0 aliphatic rings. The van der Waals surface area contributed by atoms with Crippen molar-refractivity contribution in [2.24, 2.45) is 0 Å². The van der Waals surface area contributed by atoms with Gasteiger partial charge in [-0.2, -0.15) is 0 Å². The van der Waals surface area contributed by atoms with E-state index in [4.69, 9.17) is 14.2 Å². The molecular formula is C23H22N2O7S. The van der Waals surface area contributed by atoms with Gasteiger partial charge in [-0.1, -0.05) is 18.2 Å². The topological polar surface area (TPSA) is 120 Å². The van der Waals surface area contributed by atoms with E-state index < -0.39 is 28.5 Å². The van der Waals surface area contributed by atoms with E-state index in [0.29, 0.717) is 22.9 Å². The lowest BCUT2D eigenvalue weighted by atomic mass is 10.2. The fraction of sp³-hybridized carbons (Fsp3) is 0.130. The molecule has 0 heterocycles. The summed E-state index contributed by atoms with van der Waals surface area (Å²) in [6.07, 6.45) is 0. The van der Waals surface area contributed by atoms with Gasteiger partial charge in [0.05, 0.1) is 30.4 Å². The van der Waals surface area contributed by atoms with E-state index in [2.05, 4.69) is 10.0 Å². The van der Waals surface area contributed by atoms with Gasteiger partial charge in [0, 0.05) is 5.69 Å². The Morgan fingerprint density at radius 3 is 2.30 bits per heavy atom. The number of amides is 1. The molecule has 10 heteroatoms. The minimum absolute atomic E-state index is 0.0160. The van der Waals surface area contributed by atoms with Crippen LogP contribution in [0.1, 0.15) is 10.4 Å². The quantitative estimate of drug-likeness (QED) is 0.461. The minimum atomic E-state index is -3.96. The Labute approximate surface area is 191 Å². The number of benzene rings is 3. The highest BCUT2D eigenvalue weighted by Crippen LogP contribution is 2.23. The van der Waals surface area contributed by atoms with E-state index in [1.54, 1.807) is 48.5 Å². The van der Waals surface area contributed by atoms with Crippen LogP contribution in [-0.2, 0) is 19.6 Å². The molecule has 0 saturated heterocycles. The lowest BCUT2D eigenvalue weighted by molar-refractivity contribution is -0.119. The Kier molecular flexibility index (Phi) is 7.52. The molecule has 3 aromatic carbocycles. The molecule has 0 atom stereocenters. The molecule has 0 unspecified atom stereocenters. The smallest absolute Gasteiger partial charge is 0.338 e. The van der Waals surface area contributed by atoms with Gasteiger partial charge in [-0.05, 0) is 54.6 Å². The third-order valence-electron chi connectivity index (χ3n) is 4.44. The van der Waals surface area contributed by atoms with Crippen LogP contribution in [0, 0.1) is 0 Å². The van der Waals surface area contributed by atoms with Gasteiger partial charge in [0.1, 0.15) is 11.5 Å². The molecule has 0 spiro atoms. The Bertz CT molecular complexity index is 1240. The van der Waals surface area contributed by atoms with Crippen molar-refractivity contribution in [2.45, 2.75) is 4.90 Å². The summed E-state index contributed by atoms with van der Waals surface area (Å²) < 4.78 is 43.0. The zero-order valence-electron chi connectivity index (χ0n) is 17.9. The lowest BCUT2D eigenvalue weighted by Gasteiger charge is -2.11. The lowest BCUT2D eigenvalue weighted by Crippen LogP contribution is -2.21. The van der Waals surface area contributed by atoms with Crippen molar-refractivity contribution in [3.05, 3.63) is 78.4 Å². The van der Waals surface area contributed by atoms with Crippen LogP contribution in [-0.4, -0.2) is 41.1 Å². The molecular weight excluding hydrogens is 448 g/mol. The molecule has 1 amide bonds. The van der Waals surface area contributed by atoms with Crippen LogP contribution in [0.4, 0.5) is 11.4 Å². The van der Waals surface area contributed by atoms with Crippen molar-refractivity contribution in [1.82, 2.24) is 0 Å². The Balaban J connectivity index is 1.64. The van der Waals surface area contributed by atoms with Crippen LogP contribution in [0.2, 0.25) is 0 Å². The summed E-state index contributed by atoms with van der Waals surface area (Å²) >= 11 is 0. The van der Waals surface area contributed by atoms with Crippen molar-refractivity contribution < 1.29 is 32.2 Å². The van der Waals surface area contributed by atoms with Crippen molar-refractivity contribution in [3.8, 4) is 11.5 Å². The average Bonchev–Trinajstić information content (AvgIpc) is 2.83. The van der Waals surface area contributed by atoms with Gasteiger partial charge in [-0.25, -0.2) is 13.2 Å². The maximum atomic E-state index is 12.7. The number of carbonyl (C=O) groups excluding carboxylic acids is 2. The third-order valence-corrected chi connectivity index (χ3v) is 5.82. The van der Waals surface area contributed by atoms with Gasteiger partial charge in [-0.15, -0.1) is 0 Å². The predicted octanol–water partition coefficient (Wildman–Crippen LogP) is 3.30. The molecule has 3 aromatic rings. The summed E-state index contributed by atoms with van der Waals surface area (Å²) in [6.45, 7) is -0.558. The van der Waals surface area contributed by atoms with E-state index in [0.717, 1.165) is 0 Å². The third kappa shape index (κ3) is 6.23. The summed E-state index contributed by atoms with van der Waals surface area (Å²) in [5.74, 6) is -0.374. The predicted molar refractivity (Wildman–Crippen MR) is 122 cm³/mol. The first-order chi connectivity index (χ1) is 15.8. The number of esters is 1. The van der Waals surface area contributed by atoms with E-state index >= 15 is 0 Å². The SMILES string of the molecule is COc1ccc(NS(=O)(=O)c2cccc(C(=O)OCC(=O)Nc3ccccc3OC)c2)cc1. The second-order valence-electron chi connectivity index (χ2n) is 6.69. The summed E-state index contributed by atoms with van der Waals surface area (Å²) in [4.78, 5) is 24.4. The normalized spacial score (nSPS) is 10.7. The van der Waals surface area contributed by atoms with E-state index in [-0.39, 0.29) is 10.5 Å². The fourth-order valence-corrected chi connectivity index (χ4v) is 3.92. The number of anilines is 2. The number of sulfonamides is 1. The summed E-state index contributed by atoms with van der Waals surface area (Å²) in [6, 6.07) is 18.4. The molecule has 0 saturated carbocycles. The molecule has 3 rings (SSSR count). The summed E-state index contributed by atoms with van der Waals surface area (Å²) in [5, 5.41) is 2.58. The van der Waals surface area contributed by atoms with Crippen molar-refractivity contribution >= 4 is 33.3 Å². The number of nitrogens with one attached hydrogen (secondary N) is 2. The standard InChI is InChI=1S/C23H22N2O7S/c1-30-18-12-10-17(11-13-18)25-33(28,29)19-7-5-6-16(14-19)23(27)32-15-22(26)24-20-8-3-4-9-21(20)31-2/h3-14,25H,15H2,1-2H3,(H,24,26). The Hall–Kier alpha value is -4.05. The van der Waals surface area contributed by atoms with E-state index in [1.165, 1.54) is 38.5 Å². The van der Waals surface area contributed by atoms with Gasteiger partial charge in [0.2, 0.25) is 0 Å². The number of rotatable bonds is 9. The number of hydrogen-bond acceptors (Lipinski definition) is 7. The molecule has 172 valence electrons. The number of ether oxygens (including phenoxy) is 3. The van der Waals surface area contributed by atoms with Crippen molar-refractivity contribution in [2.75, 3.05) is 30.9 Å². The Morgan fingerprint density at radius 1 is 0.879 bits per heavy atom.